The molecule has 0 aromatic heterocycles. The number of hydrogen-bond acceptors (Lipinski definition) is 1. The Morgan fingerprint density at radius 3 is 2.54 bits per heavy atom. The molecule has 0 saturated heterocycles. The molecular formula is C10H18BrNO. The molecule has 1 aliphatic carbocycles. The molecule has 1 saturated carbocycles. The smallest absolute Gasteiger partial charge is 0.223 e. The third-order valence-corrected chi connectivity index (χ3v) is 2.96. The van der Waals surface area contributed by atoms with Crippen LogP contribution in [0.5, 0.6) is 0 Å². The minimum atomic E-state index is 0.264. The van der Waals surface area contributed by atoms with Gasteiger partial charge in [-0.2, -0.15) is 0 Å². The van der Waals surface area contributed by atoms with Gasteiger partial charge in [0, 0.05) is 17.3 Å². The molecule has 1 unspecified atom stereocenters. The second kappa shape index (κ2) is 4.99. The van der Waals surface area contributed by atoms with Crippen LogP contribution in [0.15, 0.2) is 0 Å². The molecule has 0 bridgehead atoms. The SMILES string of the molecule is CC(C)C(CCBr)NC(=O)C1CC1. The quantitative estimate of drug-likeness (QED) is 0.743. The molecule has 0 radical (unpaired) electrons. The summed E-state index contributed by atoms with van der Waals surface area (Å²) in [6.07, 6.45) is 3.20. The first-order valence-electron chi connectivity index (χ1n) is 5.01. The first kappa shape index (κ1) is 11.0. The molecule has 0 spiro atoms. The van der Waals surface area contributed by atoms with Crippen LogP contribution in [0.3, 0.4) is 0 Å². The van der Waals surface area contributed by atoms with Gasteiger partial charge in [0.15, 0.2) is 0 Å². The van der Waals surface area contributed by atoms with E-state index in [1.807, 2.05) is 0 Å². The average molecular weight is 248 g/mol. The van der Waals surface area contributed by atoms with Gasteiger partial charge in [-0.15, -0.1) is 0 Å². The lowest BCUT2D eigenvalue weighted by atomic mass is 10.0. The first-order chi connectivity index (χ1) is 6.15. The Kier molecular flexibility index (Phi) is 4.23. The van der Waals surface area contributed by atoms with Crippen molar-refractivity contribution >= 4 is 21.8 Å². The number of halogens is 1. The summed E-state index contributed by atoms with van der Waals surface area (Å²) in [7, 11) is 0. The Morgan fingerprint density at radius 2 is 2.15 bits per heavy atom. The highest BCUT2D eigenvalue weighted by atomic mass is 79.9. The van der Waals surface area contributed by atoms with Gasteiger partial charge in [-0.3, -0.25) is 4.79 Å². The first-order valence-corrected chi connectivity index (χ1v) is 6.13. The maximum absolute atomic E-state index is 11.5. The lowest BCUT2D eigenvalue weighted by molar-refractivity contribution is -0.123. The van der Waals surface area contributed by atoms with Gasteiger partial charge in [0.2, 0.25) is 5.91 Å². The summed E-state index contributed by atoms with van der Waals surface area (Å²) < 4.78 is 0. The average Bonchev–Trinajstić information content (AvgIpc) is 2.85. The lowest BCUT2D eigenvalue weighted by Gasteiger charge is -2.21. The number of carbonyl (C=O) groups is 1. The van der Waals surface area contributed by atoms with Crippen LogP contribution in [0, 0.1) is 11.8 Å². The molecule has 1 fully saturated rings. The zero-order chi connectivity index (χ0) is 9.84. The molecule has 2 nitrogen and oxygen atoms in total. The van der Waals surface area contributed by atoms with Gasteiger partial charge in [-0.05, 0) is 25.2 Å². The van der Waals surface area contributed by atoms with Crippen molar-refractivity contribution in [1.82, 2.24) is 5.32 Å². The van der Waals surface area contributed by atoms with Gasteiger partial charge in [0.1, 0.15) is 0 Å². The molecule has 0 aromatic rings. The van der Waals surface area contributed by atoms with Crippen LogP contribution < -0.4 is 5.32 Å². The topological polar surface area (TPSA) is 29.1 Å². The van der Waals surface area contributed by atoms with Crippen molar-refractivity contribution in [1.29, 1.82) is 0 Å². The van der Waals surface area contributed by atoms with E-state index in [1.54, 1.807) is 0 Å². The van der Waals surface area contributed by atoms with Gasteiger partial charge >= 0.3 is 0 Å². The van der Waals surface area contributed by atoms with Crippen molar-refractivity contribution in [2.75, 3.05) is 5.33 Å². The highest BCUT2D eigenvalue weighted by Gasteiger charge is 2.31. The molecule has 1 rings (SSSR count). The Morgan fingerprint density at radius 1 is 1.54 bits per heavy atom. The fourth-order valence-corrected chi connectivity index (χ4v) is 1.83. The van der Waals surface area contributed by atoms with Crippen LogP contribution in [-0.4, -0.2) is 17.3 Å². The summed E-state index contributed by atoms with van der Waals surface area (Å²) in [5.74, 6) is 1.12. The molecule has 1 atom stereocenters. The van der Waals surface area contributed by atoms with Gasteiger partial charge in [-0.1, -0.05) is 29.8 Å². The standard InChI is InChI=1S/C10H18BrNO/c1-7(2)9(5-6-11)12-10(13)8-3-4-8/h7-9H,3-6H2,1-2H3,(H,12,13). The zero-order valence-electron chi connectivity index (χ0n) is 8.35. The van der Waals surface area contributed by atoms with Crippen molar-refractivity contribution in [2.45, 2.75) is 39.2 Å². The van der Waals surface area contributed by atoms with E-state index < -0.39 is 0 Å². The highest BCUT2D eigenvalue weighted by Crippen LogP contribution is 2.29. The van der Waals surface area contributed by atoms with Gasteiger partial charge in [0.05, 0.1) is 0 Å². The van der Waals surface area contributed by atoms with Crippen molar-refractivity contribution < 1.29 is 4.79 Å². The van der Waals surface area contributed by atoms with E-state index in [1.165, 1.54) is 0 Å². The molecule has 1 aliphatic rings. The van der Waals surface area contributed by atoms with E-state index in [0.717, 1.165) is 24.6 Å². The highest BCUT2D eigenvalue weighted by molar-refractivity contribution is 9.09. The van der Waals surface area contributed by atoms with Crippen LogP contribution in [0.4, 0.5) is 0 Å². The molecule has 0 heterocycles. The van der Waals surface area contributed by atoms with E-state index in [-0.39, 0.29) is 5.91 Å². The zero-order valence-corrected chi connectivity index (χ0v) is 9.93. The second-order valence-corrected chi connectivity index (χ2v) is 4.90. The van der Waals surface area contributed by atoms with Crippen LogP contribution >= 0.6 is 15.9 Å². The Hall–Kier alpha value is -0.0500. The second-order valence-electron chi connectivity index (χ2n) is 4.11. The number of nitrogens with one attached hydrogen (secondary N) is 1. The van der Waals surface area contributed by atoms with Crippen LogP contribution in [0.2, 0.25) is 0 Å². The summed E-state index contributed by atoms with van der Waals surface area (Å²) in [6.45, 7) is 4.31. The number of rotatable bonds is 5. The molecular weight excluding hydrogens is 230 g/mol. The van der Waals surface area contributed by atoms with E-state index >= 15 is 0 Å². The van der Waals surface area contributed by atoms with Crippen molar-refractivity contribution in [2.24, 2.45) is 11.8 Å². The van der Waals surface area contributed by atoms with Crippen LogP contribution in [-0.2, 0) is 4.79 Å². The predicted molar refractivity (Wildman–Crippen MR) is 57.9 cm³/mol. The van der Waals surface area contributed by atoms with Crippen molar-refractivity contribution in [3.63, 3.8) is 0 Å². The molecule has 1 amide bonds. The molecule has 0 aliphatic heterocycles. The lowest BCUT2D eigenvalue weighted by Crippen LogP contribution is -2.39. The van der Waals surface area contributed by atoms with E-state index in [9.17, 15) is 4.79 Å². The fourth-order valence-electron chi connectivity index (χ4n) is 1.34. The summed E-state index contributed by atoms with van der Waals surface area (Å²) in [5.41, 5.74) is 0. The minimum Gasteiger partial charge on any atom is -0.353 e. The number of hydrogen-bond donors (Lipinski definition) is 1. The molecule has 3 heteroatoms. The van der Waals surface area contributed by atoms with Crippen LogP contribution in [0.1, 0.15) is 33.1 Å². The van der Waals surface area contributed by atoms with Crippen molar-refractivity contribution in [3.8, 4) is 0 Å². The third-order valence-electron chi connectivity index (χ3n) is 2.50. The van der Waals surface area contributed by atoms with Crippen molar-refractivity contribution in [3.05, 3.63) is 0 Å². The molecule has 76 valence electrons. The summed E-state index contributed by atoms with van der Waals surface area (Å²) in [5, 5.41) is 4.07. The van der Waals surface area contributed by atoms with E-state index in [2.05, 4.69) is 35.1 Å². The monoisotopic (exact) mass is 247 g/mol. The third kappa shape index (κ3) is 3.67. The molecule has 13 heavy (non-hydrogen) atoms. The maximum Gasteiger partial charge on any atom is 0.223 e. The largest absolute Gasteiger partial charge is 0.353 e. The number of amides is 1. The van der Waals surface area contributed by atoms with E-state index in [4.69, 9.17) is 0 Å². The minimum absolute atomic E-state index is 0.264. The molecule has 0 aromatic carbocycles. The normalized spacial score (nSPS) is 18.8. The van der Waals surface area contributed by atoms with E-state index in [0.29, 0.717) is 17.9 Å². The van der Waals surface area contributed by atoms with Gasteiger partial charge < -0.3 is 5.32 Å². The summed E-state index contributed by atoms with van der Waals surface area (Å²) in [4.78, 5) is 11.5. The van der Waals surface area contributed by atoms with Crippen LogP contribution in [0.25, 0.3) is 0 Å². The fraction of sp³-hybridized carbons (Fsp3) is 0.900. The Balaban J connectivity index is 2.31. The Bertz CT molecular complexity index is 178. The van der Waals surface area contributed by atoms with Gasteiger partial charge in [0.25, 0.3) is 0 Å². The summed E-state index contributed by atoms with van der Waals surface area (Å²) in [6, 6.07) is 0.340. The Labute approximate surface area is 88.6 Å². The summed E-state index contributed by atoms with van der Waals surface area (Å²) >= 11 is 3.41. The maximum atomic E-state index is 11.5. The number of carbonyl (C=O) groups excluding carboxylic acids is 1. The van der Waals surface area contributed by atoms with Gasteiger partial charge in [-0.25, -0.2) is 0 Å². The number of alkyl halides is 1. The predicted octanol–water partition coefficient (Wildman–Crippen LogP) is 2.32. The molecule has 1 N–H and O–H groups in total.